The average Bonchev–Trinajstić information content (AvgIpc) is 3.19. The number of pyridine rings is 2. The molecule has 0 unspecified atom stereocenters. The summed E-state index contributed by atoms with van der Waals surface area (Å²) in [4.78, 5) is 7.29. The lowest BCUT2D eigenvalue weighted by atomic mass is 10.0. The molecule has 0 atom stereocenters. The molecule has 0 aliphatic rings. The van der Waals surface area contributed by atoms with Crippen molar-refractivity contribution >= 4 is 32.4 Å². The van der Waals surface area contributed by atoms with E-state index in [1.54, 1.807) is 0 Å². The predicted molar refractivity (Wildman–Crippen MR) is 110 cm³/mol. The summed E-state index contributed by atoms with van der Waals surface area (Å²) in [6, 6.07) is 6.78. The second-order valence-electron chi connectivity index (χ2n) is 7.25. The van der Waals surface area contributed by atoms with Crippen LogP contribution in [0.3, 0.4) is 0 Å². The molecule has 0 saturated heterocycles. The van der Waals surface area contributed by atoms with E-state index in [-0.39, 0.29) is 39.3 Å². The van der Waals surface area contributed by atoms with E-state index in [0.29, 0.717) is 6.07 Å². The Bertz CT molecular complexity index is 1470. The smallest absolute Gasteiger partial charge is 0.433 e. The topological polar surface area (TPSA) is 85.1 Å². The Balaban J connectivity index is 1.77. The monoisotopic (exact) mass is 483 g/mol. The van der Waals surface area contributed by atoms with E-state index in [9.17, 15) is 30.4 Å². The van der Waals surface area contributed by atoms with E-state index in [1.165, 1.54) is 24.5 Å². The predicted octanol–water partition coefficient (Wildman–Crippen LogP) is 5.48. The van der Waals surface area contributed by atoms with E-state index < -0.39 is 39.1 Å². The molecule has 12 heteroatoms. The van der Waals surface area contributed by atoms with Crippen LogP contribution in [0.2, 0.25) is 0 Å². The lowest BCUT2D eigenvalue weighted by Gasteiger charge is -2.13. The number of hydrogen-bond donors (Lipinski definition) is 1. The van der Waals surface area contributed by atoms with Crippen molar-refractivity contribution in [1.29, 1.82) is 0 Å². The Labute approximate surface area is 184 Å². The van der Waals surface area contributed by atoms with Gasteiger partial charge in [-0.05, 0) is 42.0 Å². The van der Waals surface area contributed by atoms with E-state index >= 15 is 0 Å². The molecule has 4 aromatic rings. The van der Waals surface area contributed by atoms with E-state index in [4.69, 9.17) is 4.42 Å². The van der Waals surface area contributed by atoms with Gasteiger partial charge in [-0.3, -0.25) is 0 Å². The van der Waals surface area contributed by atoms with Crippen molar-refractivity contribution in [3.05, 3.63) is 71.8 Å². The van der Waals surface area contributed by atoms with Gasteiger partial charge < -0.3 is 9.73 Å². The van der Waals surface area contributed by atoms with Crippen LogP contribution in [0.1, 0.15) is 11.3 Å². The Morgan fingerprint density at radius 3 is 2.45 bits per heavy atom. The highest BCUT2D eigenvalue weighted by Gasteiger charge is 2.33. The summed E-state index contributed by atoms with van der Waals surface area (Å²) in [5.74, 6) is -2.40. The van der Waals surface area contributed by atoms with Crippen LogP contribution in [0.5, 0.6) is 0 Å². The highest BCUT2D eigenvalue weighted by molar-refractivity contribution is 7.89. The van der Waals surface area contributed by atoms with Crippen LogP contribution in [0, 0.1) is 11.6 Å². The van der Waals surface area contributed by atoms with Gasteiger partial charge in [-0.1, -0.05) is 0 Å². The van der Waals surface area contributed by atoms with Crippen LogP contribution < -0.4 is 5.32 Å². The van der Waals surface area contributed by atoms with Crippen molar-refractivity contribution in [3.63, 3.8) is 0 Å². The standard InChI is InChI=1S/C21H14F5N3O3S/c1-33(30,31)10-11-6-17(21(24,25)26)28-19(7-11)29-18-8-14(16(23)9-27-18)12-2-3-15(22)13-4-5-32-20(12)13/h2-9H,10H2,1H3,(H,27,28,29). The van der Waals surface area contributed by atoms with Gasteiger partial charge in [0.25, 0.3) is 0 Å². The molecule has 4 rings (SSSR count). The normalized spacial score (nSPS) is 12.3. The zero-order chi connectivity index (χ0) is 24.0. The quantitative estimate of drug-likeness (QED) is 0.379. The molecule has 1 aromatic carbocycles. The number of alkyl halides is 3. The van der Waals surface area contributed by atoms with Gasteiger partial charge in [-0.15, -0.1) is 0 Å². The third-order valence-corrected chi connectivity index (χ3v) is 5.43. The Morgan fingerprint density at radius 1 is 1.00 bits per heavy atom. The van der Waals surface area contributed by atoms with Crippen LogP contribution in [0.4, 0.5) is 33.6 Å². The molecule has 33 heavy (non-hydrogen) atoms. The molecule has 0 aliphatic heterocycles. The average molecular weight is 483 g/mol. The molecule has 0 radical (unpaired) electrons. The highest BCUT2D eigenvalue weighted by Crippen LogP contribution is 2.34. The molecule has 3 heterocycles. The van der Waals surface area contributed by atoms with E-state index in [0.717, 1.165) is 24.6 Å². The second-order valence-corrected chi connectivity index (χ2v) is 9.39. The third kappa shape index (κ3) is 4.95. The number of nitrogens with zero attached hydrogens (tertiary/aromatic N) is 2. The van der Waals surface area contributed by atoms with E-state index in [1.807, 2.05) is 0 Å². The van der Waals surface area contributed by atoms with Gasteiger partial charge in [0, 0.05) is 17.4 Å². The largest absolute Gasteiger partial charge is 0.464 e. The molecule has 0 amide bonds. The van der Waals surface area contributed by atoms with Crippen molar-refractivity contribution in [2.24, 2.45) is 0 Å². The van der Waals surface area contributed by atoms with Crippen LogP contribution >= 0.6 is 0 Å². The van der Waals surface area contributed by atoms with Crippen molar-refractivity contribution < 1.29 is 34.8 Å². The number of aromatic nitrogens is 2. The first-order chi connectivity index (χ1) is 15.4. The first kappa shape index (κ1) is 22.6. The number of hydrogen-bond acceptors (Lipinski definition) is 6. The van der Waals surface area contributed by atoms with Crippen molar-refractivity contribution in [2.75, 3.05) is 11.6 Å². The third-order valence-electron chi connectivity index (χ3n) is 4.57. The highest BCUT2D eigenvalue weighted by atomic mass is 32.2. The summed E-state index contributed by atoms with van der Waals surface area (Å²) in [5.41, 5.74) is -1.20. The fraction of sp³-hybridized carbons (Fsp3) is 0.143. The SMILES string of the molecule is CS(=O)(=O)Cc1cc(Nc2cc(-c3ccc(F)c4ccoc34)c(F)cn2)nc(C(F)(F)F)c1. The minimum absolute atomic E-state index is 0.0456. The van der Waals surface area contributed by atoms with Crippen LogP contribution in [0.15, 0.2) is 53.3 Å². The number of furan rings is 1. The molecule has 0 saturated carbocycles. The number of fused-ring (bicyclic) bond motifs is 1. The zero-order valence-corrected chi connectivity index (χ0v) is 17.6. The number of benzene rings is 1. The van der Waals surface area contributed by atoms with Gasteiger partial charge >= 0.3 is 6.18 Å². The van der Waals surface area contributed by atoms with Gasteiger partial charge in [0.1, 0.15) is 34.5 Å². The van der Waals surface area contributed by atoms with Crippen LogP contribution in [-0.4, -0.2) is 24.6 Å². The molecule has 6 nitrogen and oxygen atoms in total. The van der Waals surface area contributed by atoms with Gasteiger partial charge in [0.15, 0.2) is 9.84 Å². The summed E-state index contributed by atoms with van der Waals surface area (Å²) in [6.07, 6.45) is -1.86. The summed E-state index contributed by atoms with van der Waals surface area (Å²) in [6.45, 7) is 0. The molecule has 172 valence electrons. The molecule has 3 aromatic heterocycles. The van der Waals surface area contributed by atoms with Crippen LogP contribution in [-0.2, 0) is 21.8 Å². The van der Waals surface area contributed by atoms with Crippen molar-refractivity contribution in [1.82, 2.24) is 9.97 Å². The maximum absolute atomic E-state index is 14.5. The molecule has 0 aliphatic carbocycles. The molecule has 0 spiro atoms. The van der Waals surface area contributed by atoms with Gasteiger partial charge in [-0.2, -0.15) is 13.2 Å². The Hall–Kier alpha value is -3.54. The van der Waals surface area contributed by atoms with Gasteiger partial charge in [-0.25, -0.2) is 27.2 Å². The number of nitrogens with one attached hydrogen (secondary N) is 1. The lowest BCUT2D eigenvalue weighted by molar-refractivity contribution is -0.141. The molecule has 0 bridgehead atoms. The Morgan fingerprint density at radius 2 is 1.76 bits per heavy atom. The summed E-state index contributed by atoms with van der Waals surface area (Å²) in [7, 11) is -3.63. The molecular weight excluding hydrogens is 469 g/mol. The first-order valence-electron chi connectivity index (χ1n) is 9.25. The second kappa shape index (κ2) is 8.10. The van der Waals surface area contributed by atoms with E-state index in [2.05, 4.69) is 15.3 Å². The lowest BCUT2D eigenvalue weighted by Crippen LogP contribution is -2.12. The summed E-state index contributed by atoms with van der Waals surface area (Å²) < 4.78 is 96.7. The summed E-state index contributed by atoms with van der Waals surface area (Å²) in [5, 5.41) is 2.67. The fourth-order valence-electron chi connectivity index (χ4n) is 3.27. The van der Waals surface area contributed by atoms with Gasteiger partial charge in [0.05, 0.1) is 23.6 Å². The van der Waals surface area contributed by atoms with Crippen molar-refractivity contribution in [2.45, 2.75) is 11.9 Å². The number of anilines is 2. The fourth-order valence-corrected chi connectivity index (χ4v) is 4.04. The molecular formula is C21H14F5N3O3S. The first-order valence-corrected chi connectivity index (χ1v) is 11.3. The minimum atomic E-state index is -4.83. The molecule has 1 N–H and O–H groups in total. The zero-order valence-electron chi connectivity index (χ0n) is 16.7. The van der Waals surface area contributed by atoms with Gasteiger partial charge in [0.2, 0.25) is 0 Å². The number of rotatable bonds is 5. The minimum Gasteiger partial charge on any atom is -0.464 e. The maximum Gasteiger partial charge on any atom is 0.433 e. The number of sulfone groups is 1. The Kier molecular flexibility index (Phi) is 5.56. The maximum atomic E-state index is 14.5. The van der Waals surface area contributed by atoms with Crippen LogP contribution in [0.25, 0.3) is 22.1 Å². The summed E-state index contributed by atoms with van der Waals surface area (Å²) >= 11 is 0. The molecule has 0 fully saturated rings. The number of halogens is 5. The van der Waals surface area contributed by atoms with Crippen molar-refractivity contribution in [3.8, 4) is 11.1 Å².